The summed E-state index contributed by atoms with van der Waals surface area (Å²) in [6.45, 7) is 7.36. The molecule has 0 bridgehead atoms. The summed E-state index contributed by atoms with van der Waals surface area (Å²) < 4.78 is 0. The van der Waals surface area contributed by atoms with E-state index < -0.39 is 0 Å². The summed E-state index contributed by atoms with van der Waals surface area (Å²) in [6, 6.07) is 8.22. The number of nitrogens with two attached hydrogens (primary N) is 1. The van der Waals surface area contributed by atoms with Gasteiger partial charge >= 0.3 is 0 Å². The number of hydrogen-bond donors (Lipinski definition) is 2. The van der Waals surface area contributed by atoms with Gasteiger partial charge in [-0.15, -0.1) is 0 Å². The summed E-state index contributed by atoms with van der Waals surface area (Å²) in [5, 5.41) is 3.01. The second-order valence-corrected chi connectivity index (χ2v) is 5.40. The first-order valence-corrected chi connectivity index (χ1v) is 7.13. The summed E-state index contributed by atoms with van der Waals surface area (Å²) in [5.41, 5.74) is 8.17. The van der Waals surface area contributed by atoms with Crippen LogP contribution in [0.4, 0.5) is 0 Å². The molecule has 1 amide bonds. The van der Waals surface area contributed by atoms with Gasteiger partial charge in [-0.2, -0.15) is 0 Å². The number of hydrogen-bond acceptors (Lipinski definition) is 2. The molecule has 0 aliphatic carbocycles. The van der Waals surface area contributed by atoms with Crippen LogP contribution >= 0.6 is 0 Å². The molecule has 106 valence electrons. The van der Waals surface area contributed by atoms with E-state index in [1.165, 1.54) is 11.1 Å². The lowest BCUT2D eigenvalue weighted by Crippen LogP contribution is -2.35. The van der Waals surface area contributed by atoms with Crippen molar-refractivity contribution in [2.75, 3.05) is 6.54 Å². The maximum atomic E-state index is 12.1. The van der Waals surface area contributed by atoms with Crippen molar-refractivity contribution in [2.24, 2.45) is 17.6 Å². The quantitative estimate of drug-likeness (QED) is 0.793. The zero-order valence-corrected chi connectivity index (χ0v) is 12.3. The lowest BCUT2D eigenvalue weighted by Gasteiger charge is -2.17. The van der Waals surface area contributed by atoms with Gasteiger partial charge in [-0.05, 0) is 29.9 Å². The average Bonchev–Trinajstić information content (AvgIpc) is 2.42. The molecule has 1 rings (SSSR count). The molecule has 1 unspecified atom stereocenters. The lowest BCUT2D eigenvalue weighted by atomic mass is 9.96. The van der Waals surface area contributed by atoms with E-state index in [0.29, 0.717) is 19.0 Å². The highest BCUT2D eigenvalue weighted by molar-refractivity contribution is 5.78. The van der Waals surface area contributed by atoms with Crippen LogP contribution in [0.3, 0.4) is 0 Å². The molecule has 0 fully saturated rings. The molecular weight excluding hydrogens is 236 g/mol. The van der Waals surface area contributed by atoms with Gasteiger partial charge in [-0.25, -0.2) is 0 Å². The van der Waals surface area contributed by atoms with Crippen molar-refractivity contribution in [1.82, 2.24) is 5.32 Å². The van der Waals surface area contributed by atoms with Gasteiger partial charge in [-0.3, -0.25) is 4.79 Å². The molecule has 3 nitrogen and oxygen atoms in total. The van der Waals surface area contributed by atoms with Gasteiger partial charge in [0.05, 0.1) is 5.92 Å². The number of rotatable bonds is 7. The van der Waals surface area contributed by atoms with Gasteiger partial charge in [0.2, 0.25) is 5.91 Å². The van der Waals surface area contributed by atoms with Crippen molar-refractivity contribution < 1.29 is 4.79 Å². The van der Waals surface area contributed by atoms with Crippen molar-refractivity contribution in [3.63, 3.8) is 0 Å². The number of benzene rings is 1. The van der Waals surface area contributed by atoms with Gasteiger partial charge in [0.1, 0.15) is 0 Å². The molecule has 0 spiro atoms. The third kappa shape index (κ3) is 5.03. The van der Waals surface area contributed by atoms with Gasteiger partial charge in [-0.1, -0.05) is 45.0 Å². The van der Waals surface area contributed by atoms with Crippen molar-refractivity contribution in [1.29, 1.82) is 0 Å². The number of carbonyl (C=O) groups excluding carboxylic acids is 1. The highest BCUT2D eigenvalue weighted by Crippen LogP contribution is 2.12. The minimum atomic E-state index is -0.0752. The molecular formula is C16H26N2O. The maximum Gasteiger partial charge on any atom is 0.224 e. The van der Waals surface area contributed by atoms with Crippen LogP contribution in [0.15, 0.2) is 24.3 Å². The first-order valence-electron chi connectivity index (χ1n) is 7.13. The summed E-state index contributed by atoms with van der Waals surface area (Å²) in [5.74, 6) is 0.484. The predicted molar refractivity (Wildman–Crippen MR) is 79.7 cm³/mol. The fraction of sp³-hybridized carbons (Fsp3) is 0.562. The minimum Gasteiger partial charge on any atom is -0.352 e. The fourth-order valence-electron chi connectivity index (χ4n) is 2.28. The van der Waals surface area contributed by atoms with E-state index in [2.05, 4.69) is 38.2 Å². The zero-order valence-electron chi connectivity index (χ0n) is 12.3. The standard InChI is InChI=1S/C16H26N2O/c1-4-13-7-5-6-8-14(13)11-18-16(19)15(10-17)9-12(2)3/h5-8,12,15H,4,9-11,17H2,1-3H3,(H,18,19). The Labute approximate surface area is 116 Å². The predicted octanol–water partition coefficient (Wildman–Crippen LogP) is 2.49. The van der Waals surface area contributed by atoms with Crippen molar-refractivity contribution in [2.45, 2.75) is 40.2 Å². The van der Waals surface area contributed by atoms with Crippen LogP contribution in [0, 0.1) is 11.8 Å². The Morgan fingerprint density at radius 1 is 1.26 bits per heavy atom. The molecule has 0 heterocycles. The van der Waals surface area contributed by atoms with Gasteiger partial charge in [0.25, 0.3) is 0 Å². The van der Waals surface area contributed by atoms with Crippen molar-refractivity contribution >= 4 is 5.91 Å². The van der Waals surface area contributed by atoms with Crippen LogP contribution in [-0.4, -0.2) is 12.5 Å². The number of amides is 1. The Hall–Kier alpha value is -1.35. The van der Waals surface area contributed by atoms with E-state index in [4.69, 9.17) is 5.73 Å². The molecule has 0 aliphatic heterocycles. The maximum absolute atomic E-state index is 12.1. The van der Waals surface area contributed by atoms with Crippen LogP contribution < -0.4 is 11.1 Å². The van der Waals surface area contributed by atoms with E-state index in [1.54, 1.807) is 0 Å². The molecule has 19 heavy (non-hydrogen) atoms. The molecule has 3 heteroatoms. The van der Waals surface area contributed by atoms with E-state index in [1.807, 2.05) is 12.1 Å². The molecule has 0 saturated carbocycles. The smallest absolute Gasteiger partial charge is 0.224 e. The minimum absolute atomic E-state index is 0.0714. The molecule has 0 radical (unpaired) electrons. The molecule has 1 aromatic rings. The van der Waals surface area contributed by atoms with E-state index >= 15 is 0 Å². The SMILES string of the molecule is CCc1ccccc1CNC(=O)C(CN)CC(C)C. The molecule has 3 N–H and O–H groups in total. The average molecular weight is 262 g/mol. The van der Waals surface area contributed by atoms with Gasteiger partial charge in [0, 0.05) is 13.1 Å². The topological polar surface area (TPSA) is 55.1 Å². The molecule has 1 atom stereocenters. The highest BCUT2D eigenvalue weighted by Gasteiger charge is 2.17. The molecule has 0 saturated heterocycles. The monoisotopic (exact) mass is 262 g/mol. The van der Waals surface area contributed by atoms with Crippen LogP contribution in [-0.2, 0) is 17.8 Å². The number of aryl methyl sites for hydroxylation is 1. The third-order valence-corrected chi connectivity index (χ3v) is 3.36. The Bertz CT molecular complexity index is 401. The number of nitrogens with one attached hydrogen (secondary N) is 1. The normalized spacial score (nSPS) is 12.5. The lowest BCUT2D eigenvalue weighted by molar-refractivity contribution is -0.125. The summed E-state index contributed by atoms with van der Waals surface area (Å²) in [7, 11) is 0. The van der Waals surface area contributed by atoms with E-state index in [-0.39, 0.29) is 11.8 Å². The second kappa shape index (κ2) is 7.95. The Morgan fingerprint density at radius 3 is 2.42 bits per heavy atom. The number of carbonyl (C=O) groups is 1. The summed E-state index contributed by atoms with van der Waals surface area (Å²) in [4.78, 5) is 12.1. The van der Waals surface area contributed by atoms with Gasteiger partial charge < -0.3 is 11.1 Å². The van der Waals surface area contributed by atoms with Crippen LogP contribution in [0.5, 0.6) is 0 Å². The van der Waals surface area contributed by atoms with Crippen LogP contribution in [0.1, 0.15) is 38.3 Å². The van der Waals surface area contributed by atoms with E-state index in [9.17, 15) is 4.79 Å². The molecule has 0 aliphatic rings. The first kappa shape index (κ1) is 15.7. The molecule has 1 aromatic carbocycles. The van der Waals surface area contributed by atoms with Crippen LogP contribution in [0.25, 0.3) is 0 Å². The Kier molecular flexibility index (Phi) is 6.57. The van der Waals surface area contributed by atoms with Gasteiger partial charge in [0.15, 0.2) is 0 Å². The zero-order chi connectivity index (χ0) is 14.3. The van der Waals surface area contributed by atoms with Crippen molar-refractivity contribution in [3.05, 3.63) is 35.4 Å². The van der Waals surface area contributed by atoms with Crippen molar-refractivity contribution in [3.8, 4) is 0 Å². The highest BCUT2D eigenvalue weighted by atomic mass is 16.1. The molecule has 0 aromatic heterocycles. The summed E-state index contributed by atoms with van der Waals surface area (Å²) in [6.07, 6.45) is 1.83. The first-order chi connectivity index (χ1) is 9.08. The summed E-state index contributed by atoms with van der Waals surface area (Å²) >= 11 is 0. The fourth-order valence-corrected chi connectivity index (χ4v) is 2.28. The Balaban J connectivity index is 2.57. The largest absolute Gasteiger partial charge is 0.352 e. The van der Waals surface area contributed by atoms with E-state index in [0.717, 1.165) is 12.8 Å². The second-order valence-electron chi connectivity index (χ2n) is 5.40. The van der Waals surface area contributed by atoms with Crippen LogP contribution in [0.2, 0.25) is 0 Å². The Morgan fingerprint density at radius 2 is 1.89 bits per heavy atom. The third-order valence-electron chi connectivity index (χ3n) is 3.36.